The Hall–Kier alpha value is -1.92. The second kappa shape index (κ2) is 7.62. The van der Waals surface area contributed by atoms with E-state index in [4.69, 9.17) is 0 Å². The van der Waals surface area contributed by atoms with E-state index in [1.807, 2.05) is 0 Å². The summed E-state index contributed by atoms with van der Waals surface area (Å²) >= 11 is 0. The Bertz CT molecular complexity index is 408. The van der Waals surface area contributed by atoms with Crippen LogP contribution in [-0.4, -0.2) is 42.8 Å². The molecule has 7 heteroatoms. The number of carbonyl (C=O) groups is 4. The SMILES string of the molecule is CCC(=O)CC[C@H](NC(=O)[C@@H]1CCC(=O)N1)C(=O)OC. The summed E-state index contributed by atoms with van der Waals surface area (Å²) in [6.45, 7) is 1.74. The number of ether oxygens (including phenoxy) is 1. The zero-order valence-electron chi connectivity index (χ0n) is 11.7. The minimum absolute atomic E-state index is 0.0160. The van der Waals surface area contributed by atoms with Crippen molar-refractivity contribution in [1.82, 2.24) is 10.6 Å². The van der Waals surface area contributed by atoms with Gasteiger partial charge in [0.15, 0.2) is 0 Å². The van der Waals surface area contributed by atoms with Gasteiger partial charge in [0.05, 0.1) is 7.11 Å². The number of Topliss-reactive ketones (excluding diaryl/α,β-unsaturated/α-hetero) is 1. The predicted molar refractivity (Wildman–Crippen MR) is 69.6 cm³/mol. The minimum Gasteiger partial charge on any atom is -0.467 e. The van der Waals surface area contributed by atoms with Gasteiger partial charge >= 0.3 is 5.97 Å². The van der Waals surface area contributed by atoms with E-state index in [1.165, 1.54) is 7.11 Å². The summed E-state index contributed by atoms with van der Waals surface area (Å²) in [6, 6.07) is -1.47. The molecule has 7 nitrogen and oxygen atoms in total. The zero-order valence-corrected chi connectivity index (χ0v) is 11.7. The van der Waals surface area contributed by atoms with Gasteiger partial charge in [-0.2, -0.15) is 0 Å². The third-order valence-corrected chi connectivity index (χ3v) is 3.22. The Kier molecular flexibility index (Phi) is 6.14. The normalized spacial score (nSPS) is 19.1. The fourth-order valence-electron chi connectivity index (χ4n) is 1.96. The molecule has 2 amide bonds. The first-order valence-corrected chi connectivity index (χ1v) is 6.67. The van der Waals surface area contributed by atoms with Gasteiger partial charge in [0, 0.05) is 19.3 Å². The summed E-state index contributed by atoms with van der Waals surface area (Å²) in [4.78, 5) is 45.9. The molecule has 112 valence electrons. The van der Waals surface area contributed by atoms with Crippen LogP contribution in [0.1, 0.15) is 39.0 Å². The summed E-state index contributed by atoms with van der Waals surface area (Å²) in [5.41, 5.74) is 0. The number of hydrogen-bond acceptors (Lipinski definition) is 5. The molecule has 0 unspecified atom stereocenters. The van der Waals surface area contributed by atoms with E-state index in [1.54, 1.807) is 6.92 Å². The van der Waals surface area contributed by atoms with Crippen molar-refractivity contribution in [2.24, 2.45) is 0 Å². The second-order valence-electron chi connectivity index (χ2n) is 4.67. The molecular formula is C13H20N2O5. The van der Waals surface area contributed by atoms with E-state index in [0.29, 0.717) is 19.3 Å². The van der Waals surface area contributed by atoms with Gasteiger partial charge < -0.3 is 15.4 Å². The van der Waals surface area contributed by atoms with E-state index in [9.17, 15) is 19.2 Å². The number of amides is 2. The Morgan fingerprint density at radius 2 is 2.15 bits per heavy atom. The Labute approximate surface area is 117 Å². The Morgan fingerprint density at radius 1 is 1.45 bits per heavy atom. The first-order chi connectivity index (χ1) is 9.47. The molecule has 0 aromatic rings. The van der Waals surface area contributed by atoms with Crippen LogP contribution in [0.5, 0.6) is 0 Å². The third kappa shape index (κ3) is 4.64. The number of nitrogens with one attached hydrogen (secondary N) is 2. The van der Waals surface area contributed by atoms with Crippen LogP contribution in [0.3, 0.4) is 0 Å². The molecule has 20 heavy (non-hydrogen) atoms. The van der Waals surface area contributed by atoms with Crippen LogP contribution in [-0.2, 0) is 23.9 Å². The molecule has 0 bridgehead atoms. The zero-order chi connectivity index (χ0) is 15.1. The van der Waals surface area contributed by atoms with Crippen LogP contribution < -0.4 is 10.6 Å². The number of rotatable bonds is 7. The smallest absolute Gasteiger partial charge is 0.328 e. The Morgan fingerprint density at radius 3 is 2.65 bits per heavy atom. The van der Waals surface area contributed by atoms with Crippen molar-refractivity contribution in [3.8, 4) is 0 Å². The molecule has 1 saturated heterocycles. The largest absolute Gasteiger partial charge is 0.467 e. The monoisotopic (exact) mass is 284 g/mol. The molecule has 0 saturated carbocycles. The lowest BCUT2D eigenvalue weighted by molar-refractivity contribution is -0.145. The molecule has 2 N–H and O–H groups in total. The molecule has 1 rings (SSSR count). The van der Waals surface area contributed by atoms with Gasteiger partial charge in [-0.05, 0) is 12.8 Å². The topological polar surface area (TPSA) is 102 Å². The summed E-state index contributed by atoms with van der Waals surface area (Å²) in [7, 11) is 1.22. The van der Waals surface area contributed by atoms with Crippen molar-refractivity contribution >= 4 is 23.6 Å². The maximum Gasteiger partial charge on any atom is 0.328 e. The fraction of sp³-hybridized carbons (Fsp3) is 0.692. The van der Waals surface area contributed by atoms with Crippen molar-refractivity contribution in [1.29, 1.82) is 0 Å². The van der Waals surface area contributed by atoms with Crippen LogP contribution in [0.25, 0.3) is 0 Å². The lowest BCUT2D eigenvalue weighted by Gasteiger charge is -2.18. The number of methoxy groups -OCH3 is 1. The molecule has 0 aliphatic carbocycles. The van der Waals surface area contributed by atoms with Crippen LogP contribution in [0.2, 0.25) is 0 Å². The highest BCUT2D eigenvalue weighted by Gasteiger charge is 2.30. The average Bonchev–Trinajstić information content (AvgIpc) is 2.88. The second-order valence-corrected chi connectivity index (χ2v) is 4.67. The standard InChI is InChI=1S/C13H20N2O5/c1-3-8(16)4-5-10(13(19)20-2)15-12(18)9-6-7-11(17)14-9/h9-10H,3-7H2,1-2H3,(H,14,17)(H,15,18)/t9-,10-/m0/s1. The van der Waals surface area contributed by atoms with Crippen molar-refractivity contribution in [2.75, 3.05) is 7.11 Å². The first-order valence-electron chi connectivity index (χ1n) is 6.67. The molecule has 0 aromatic carbocycles. The van der Waals surface area contributed by atoms with E-state index in [2.05, 4.69) is 15.4 Å². The highest BCUT2D eigenvalue weighted by Crippen LogP contribution is 2.08. The summed E-state index contributed by atoms with van der Waals surface area (Å²) in [5.74, 6) is -1.18. The molecule has 1 fully saturated rings. The van der Waals surface area contributed by atoms with Gasteiger partial charge in [-0.15, -0.1) is 0 Å². The molecular weight excluding hydrogens is 264 g/mol. The number of esters is 1. The van der Waals surface area contributed by atoms with Gasteiger partial charge in [-0.3, -0.25) is 14.4 Å². The fourth-order valence-corrected chi connectivity index (χ4v) is 1.96. The van der Waals surface area contributed by atoms with Gasteiger partial charge in [0.1, 0.15) is 17.9 Å². The maximum absolute atomic E-state index is 11.9. The van der Waals surface area contributed by atoms with E-state index in [0.717, 1.165) is 0 Å². The van der Waals surface area contributed by atoms with Crippen molar-refractivity contribution < 1.29 is 23.9 Å². The third-order valence-electron chi connectivity index (χ3n) is 3.22. The molecule has 0 radical (unpaired) electrons. The van der Waals surface area contributed by atoms with Crippen LogP contribution in [0, 0.1) is 0 Å². The molecule has 0 spiro atoms. The number of carbonyl (C=O) groups excluding carboxylic acids is 4. The molecule has 0 aromatic heterocycles. The number of hydrogen-bond donors (Lipinski definition) is 2. The van der Waals surface area contributed by atoms with Crippen molar-refractivity contribution in [3.05, 3.63) is 0 Å². The Balaban J connectivity index is 2.55. The van der Waals surface area contributed by atoms with Crippen LogP contribution in [0.15, 0.2) is 0 Å². The maximum atomic E-state index is 11.9. The van der Waals surface area contributed by atoms with E-state index < -0.39 is 24.0 Å². The minimum atomic E-state index is -0.861. The van der Waals surface area contributed by atoms with Gasteiger partial charge in [0.2, 0.25) is 11.8 Å². The highest BCUT2D eigenvalue weighted by atomic mass is 16.5. The quantitative estimate of drug-likeness (QED) is 0.624. The van der Waals surface area contributed by atoms with Crippen molar-refractivity contribution in [2.45, 2.75) is 51.1 Å². The highest BCUT2D eigenvalue weighted by molar-refractivity contribution is 5.93. The first kappa shape index (κ1) is 16.1. The van der Waals surface area contributed by atoms with Crippen molar-refractivity contribution in [3.63, 3.8) is 0 Å². The lowest BCUT2D eigenvalue weighted by atomic mass is 10.1. The number of ketones is 1. The van der Waals surface area contributed by atoms with Crippen LogP contribution >= 0.6 is 0 Å². The molecule has 2 atom stereocenters. The van der Waals surface area contributed by atoms with E-state index >= 15 is 0 Å². The van der Waals surface area contributed by atoms with Crippen LogP contribution in [0.4, 0.5) is 0 Å². The lowest BCUT2D eigenvalue weighted by Crippen LogP contribution is -2.49. The summed E-state index contributed by atoms with van der Waals surface area (Å²) < 4.78 is 4.61. The van der Waals surface area contributed by atoms with Gasteiger partial charge in [-0.1, -0.05) is 6.92 Å². The molecule has 1 aliphatic rings. The summed E-state index contributed by atoms with van der Waals surface area (Å²) in [6.07, 6.45) is 1.50. The van der Waals surface area contributed by atoms with E-state index in [-0.39, 0.29) is 24.5 Å². The molecule has 1 aliphatic heterocycles. The molecule has 1 heterocycles. The summed E-state index contributed by atoms with van der Waals surface area (Å²) in [5, 5.41) is 5.05. The predicted octanol–water partition coefficient (Wildman–Crippen LogP) is -0.318. The average molecular weight is 284 g/mol. The van der Waals surface area contributed by atoms with Gasteiger partial charge in [0.25, 0.3) is 0 Å². The van der Waals surface area contributed by atoms with Gasteiger partial charge in [-0.25, -0.2) is 4.79 Å².